The molecule has 0 radical (unpaired) electrons. The summed E-state index contributed by atoms with van der Waals surface area (Å²) >= 11 is 6.31. The SMILES string of the molecule is CCc1nn(C)c(CN2C(=O)C(=O)c3ccccc32)c1Cl. The lowest BCUT2D eigenvalue weighted by atomic mass is 10.1. The monoisotopic (exact) mass is 303 g/mol. The Hall–Kier alpha value is -2.14. The number of rotatable bonds is 3. The number of halogens is 1. The minimum absolute atomic E-state index is 0.240. The van der Waals surface area contributed by atoms with Gasteiger partial charge in [-0.2, -0.15) is 5.10 Å². The number of carbonyl (C=O) groups is 2. The van der Waals surface area contributed by atoms with Gasteiger partial charge in [-0.3, -0.25) is 19.2 Å². The van der Waals surface area contributed by atoms with E-state index in [1.54, 1.807) is 36.0 Å². The number of nitrogens with zero attached hydrogens (tertiary/aromatic N) is 3. The zero-order chi connectivity index (χ0) is 15.1. The van der Waals surface area contributed by atoms with Gasteiger partial charge >= 0.3 is 0 Å². The smallest absolute Gasteiger partial charge is 0.299 e. The van der Waals surface area contributed by atoms with Gasteiger partial charge in [-0.25, -0.2) is 0 Å². The number of hydrogen-bond acceptors (Lipinski definition) is 3. The summed E-state index contributed by atoms with van der Waals surface area (Å²) in [5, 5.41) is 4.89. The van der Waals surface area contributed by atoms with Crippen LogP contribution in [-0.4, -0.2) is 21.5 Å². The third-order valence-corrected chi connectivity index (χ3v) is 4.13. The van der Waals surface area contributed by atoms with Gasteiger partial charge in [0.25, 0.3) is 11.7 Å². The number of hydrogen-bond donors (Lipinski definition) is 0. The van der Waals surface area contributed by atoms with E-state index in [0.29, 0.717) is 16.3 Å². The molecule has 0 atom stereocenters. The van der Waals surface area contributed by atoms with Crippen molar-refractivity contribution in [2.75, 3.05) is 4.90 Å². The molecule has 0 fully saturated rings. The molecule has 0 unspecified atom stereocenters. The van der Waals surface area contributed by atoms with Gasteiger partial charge in [-0.1, -0.05) is 30.7 Å². The van der Waals surface area contributed by atoms with Crippen molar-refractivity contribution in [1.82, 2.24) is 9.78 Å². The molecule has 6 heteroatoms. The predicted molar refractivity (Wildman–Crippen MR) is 79.6 cm³/mol. The van der Waals surface area contributed by atoms with Crippen molar-refractivity contribution in [2.24, 2.45) is 7.05 Å². The molecule has 2 heterocycles. The molecule has 108 valence electrons. The van der Waals surface area contributed by atoms with Crippen molar-refractivity contribution in [3.05, 3.63) is 46.2 Å². The summed E-state index contributed by atoms with van der Waals surface area (Å²) in [5.41, 5.74) is 2.59. The number of benzene rings is 1. The van der Waals surface area contributed by atoms with Crippen molar-refractivity contribution in [3.8, 4) is 0 Å². The van der Waals surface area contributed by atoms with Crippen molar-refractivity contribution >= 4 is 29.0 Å². The van der Waals surface area contributed by atoms with E-state index in [4.69, 9.17) is 11.6 Å². The number of para-hydroxylation sites is 1. The zero-order valence-corrected chi connectivity index (χ0v) is 12.5. The maximum Gasteiger partial charge on any atom is 0.299 e. The fourth-order valence-electron chi connectivity index (χ4n) is 2.55. The quantitative estimate of drug-likeness (QED) is 0.818. The summed E-state index contributed by atoms with van der Waals surface area (Å²) in [7, 11) is 1.79. The highest BCUT2D eigenvalue weighted by Crippen LogP contribution is 2.31. The Morgan fingerprint density at radius 2 is 1.95 bits per heavy atom. The minimum Gasteiger partial charge on any atom is -0.299 e. The lowest BCUT2D eigenvalue weighted by Crippen LogP contribution is -2.30. The van der Waals surface area contributed by atoms with Crippen LogP contribution < -0.4 is 4.90 Å². The summed E-state index contributed by atoms with van der Waals surface area (Å²) in [6.45, 7) is 2.21. The van der Waals surface area contributed by atoms with Gasteiger partial charge in [-0.05, 0) is 18.6 Å². The highest BCUT2D eigenvalue weighted by Gasteiger charge is 2.36. The van der Waals surface area contributed by atoms with Crippen molar-refractivity contribution in [3.63, 3.8) is 0 Å². The second-order valence-electron chi connectivity index (χ2n) is 4.92. The van der Waals surface area contributed by atoms with E-state index in [0.717, 1.165) is 17.8 Å². The maximum atomic E-state index is 12.2. The fourth-order valence-corrected chi connectivity index (χ4v) is 2.90. The molecule has 5 nitrogen and oxygen atoms in total. The molecule has 0 saturated carbocycles. The molecule has 3 rings (SSSR count). The molecule has 1 aliphatic rings. The van der Waals surface area contributed by atoms with Crippen molar-refractivity contribution in [2.45, 2.75) is 19.9 Å². The maximum absolute atomic E-state index is 12.2. The third-order valence-electron chi connectivity index (χ3n) is 3.69. The van der Waals surface area contributed by atoms with E-state index in [1.165, 1.54) is 4.90 Å². The van der Waals surface area contributed by atoms with Crippen LogP contribution in [0.5, 0.6) is 0 Å². The van der Waals surface area contributed by atoms with Crippen LogP contribution >= 0.6 is 11.6 Å². The van der Waals surface area contributed by atoms with Gasteiger partial charge in [0.1, 0.15) is 0 Å². The average molecular weight is 304 g/mol. The van der Waals surface area contributed by atoms with Gasteiger partial charge in [0, 0.05) is 7.05 Å². The molecule has 21 heavy (non-hydrogen) atoms. The molecule has 1 aromatic heterocycles. The van der Waals surface area contributed by atoms with Crippen molar-refractivity contribution in [1.29, 1.82) is 0 Å². The first-order valence-corrected chi connectivity index (χ1v) is 7.07. The molecule has 0 spiro atoms. The number of Topliss-reactive ketones (excluding diaryl/α,β-unsaturated/α-hetero) is 1. The normalized spacial score (nSPS) is 14.0. The summed E-state index contributed by atoms with van der Waals surface area (Å²) in [6, 6.07) is 6.99. The van der Waals surface area contributed by atoms with Crippen LogP contribution in [0.4, 0.5) is 5.69 Å². The van der Waals surface area contributed by atoms with Crippen molar-refractivity contribution < 1.29 is 9.59 Å². The van der Waals surface area contributed by atoms with E-state index < -0.39 is 11.7 Å². The van der Waals surface area contributed by atoms with Crippen LogP contribution in [0.3, 0.4) is 0 Å². The van der Waals surface area contributed by atoms with Gasteiger partial charge in [0.05, 0.1) is 34.2 Å². The molecular formula is C15H14ClN3O2. The van der Waals surface area contributed by atoms with E-state index in [9.17, 15) is 9.59 Å². The molecular weight excluding hydrogens is 290 g/mol. The number of ketones is 1. The van der Waals surface area contributed by atoms with Crippen LogP contribution in [0.2, 0.25) is 5.02 Å². The summed E-state index contributed by atoms with van der Waals surface area (Å²) < 4.78 is 1.67. The molecule has 0 bridgehead atoms. The average Bonchev–Trinajstić information content (AvgIpc) is 2.90. The Morgan fingerprint density at radius 1 is 1.24 bits per heavy atom. The first kappa shape index (κ1) is 13.8. The summed E-state index contributed by atoms with van der Waals surface area (Å²) in [6.07, 6.45) is 0.718. The number of amides is 1. The first-order chi connectivity index (χ1) is 10.0. The zero-order valence-electron chi connectivity index (χ0n) is 11.8. The molecule has 1 aliphatic heterocycles. The van der Waals surface area contributed by atoms with Crippen LogP contribution in [0.1, 0.15) is 28.7 Å². The number of aryl methyl sites for hydroxylation is 2. The molecule has 1 amide bonds. The Labute approximate surface area is 127 Å². The molecule has 0 saturated heterocycles. The van der Waals surface area contributed by atoms with Gasteiger partial charge in [0.2, 0.25) is 0 Å². The van der Waals surface area contributed by atoms with Crippen LogP contribution in [0.25, 0.3) is 0 Å². The number of anilines is 1. The van der Waals surface area contributed by atoms with Crippen LogP contribution in [-0.2, 0) is 24.8 Å². The lowest BCUT2D eigenvalue weighted by Gasteiger charge is -2.16. The largest absolute Gasteiger partial charge is 0.299 e. The van der Waals surface area contributed by atoms with E-state index >= 15 is 0 Å². The molecule has 1 aromatic carbocycles. The second-order valence-corrected chi connectivity index (χ2v) is 5.30. The summed E-state index contributed by atoms with van der Waals surface area (Å²) in [5.74, 6) is -0.994. The topological polar surface area (TPSA) is 55.2 Å². The highest BCUT2D eigenvalue weighted by molar-refractivity contribution is 6.52. The van der Waals surface area contributed by atoms with Gasteiger partial charge in [0.15, 0.2) is 0 Å². The van der Waals surface area contributed by atoms with Gasteiger partial charge < -0.3 is 0 Å². The fraction of sp³-hybridized carbons (Fsp3) is 0.267. The second kappa shape index (κ2) is 5.00. The number of aromatic nitrogens is 2. The van der Waals surface area contributed by atoms with Gasteiger partial charge in [-0.15, -0.1) is 0 Å². The van der Waals surface area contributed by atoms with E-state index in [1.807, 2.05) is 6.92 Å². The molecule has 2 aromatic rings. The third kappa shape index (κ3) is 2.05. The van der Waals surface area contributed by atoms with Crippen LogP contribution in [0.15, 0.2) is 24.3 Å². The minimum atomic E-state index is -0.522. The Bertz CT molecular complexity index is 751. The Morgan fingerprint density at radius 3 is 2.62 bits per heavy atom. The molecule has 0 aliphatic carbocycles. The van der Waals surface area contributed by atoms with E-state index in [2.05, 4.69) is 5.10 Å². The Kier molecular flexibility index (Phi) is 3.29. The molecule has 0 N–H and O–H groups in total. The predicted octanol–water partition coefficient (Wildman–Crippen LogP) is 2.37. The Balaban J connectivity index is 2.01. The standard InChI is InChI=1S/C15H14ClN3O2/c1-3-10-13(16)12(18(2)17-10)8-19-11-7-5-4-6-9(11)14(20)15(19)21/h4-7H,3,8H2,1-2H3. The van der Waals surface area contributed by atoms with E-state index in [-0.39, 0.29) is 6.54 Å². The first-order valence-electron chi connectivity index (χ1n) is 6.70. The highest BCUT2D eigenvalue weighted by atomic mass is 35.5. The lowest BCUT2D eigenvalue weighted by molar-refractivity contribution is -0.114. The number of fused-ring (bicyclic) bond motifs is 1. The summed E-state index contributed by atoms with van der Waals surface area (Å²) in [4.78, 5) is 25.6. The van der Waals surface area contributed by atoms with Crippen LogP contribution in [0, 0.1) is 0 Å². The number of carbonyl (C=O) groups excluding carboxylic acids is 2.